The van der Waals surface area contributed by atoms with Crippen LogP contribution in [-0.2, 0) is 11.3 Å². The third kappa shape index (κ3) is 3.24. The van der Waals surface area contributed by atoms with Gasteiger partial charge in [0.1, 0.15) is 12.9 Å². The fraction of sp³-hybridized carbons (Fsp3) is 0.111. The Balaban J connectivity index is 2.05. The highest BCUT2D eigenvalue weighted by Gasteiger charge is 2.07. The number of hydrogen-bond acceptors (Lipinski definition) is 4. The number of carbonyl (C=O) groups excluding carboxylic acids is 1. The molecule has 6 nitrogen and oxygen atoms in total. The molecule has 0 aliphatic heterocycles. The molecule has 1 amide bonds. The average molecular weight is 317 g/mol. The second kappa shape index (κ2) is 5.24. The van der Waals surface area contributed by atoms with Gasteiger partial charge in [0.2, 0.25) is 5.91 Å². The van der Waals surface area contributed by atoms with E-state index in [0.717, 1.165) is 4.47 Å². The van der Waals surface area contributed by atoms with Gasteiger partial charge in [-0.05, 0) is 44.6 Å². The first-order valence-electron chi connectivity index (χ1n) is 4.61. The van der Waals surface area contributed by atoms with E-state index in [0.29, 0.717) is 10.7 Å². The van der Waals surface area contributed by atoms with Gasteiger partial charge < -0.3 is 5.32 Å². The standard InChI is InChI=1S/C9H7BrClN5O/c10-7-2-1-6(11)3-8(7)13-9(17)4-16-5-12-14-15-16/h1-3,5H,4H2,(H,13,17). The van der Waals surface area contributed by atoms with Crippen LogP contribution in [0.1, 0.15) is 0 Å². The molecule has 88 valence electrons. The van der Waals surface area contributed by atoms with E-state index in [-0.39, 0.29) is 12.5 Å². The number of aromatic nitrogens is 4. The zero-order valence-electron chi connectivity index (χ0n) is 8.47. The van der Waals surface area contributed by atoms with Crippen LogP contribution in [0.3, 0.4) is 0 Å². The third-order valence-electron chi connectivity index (χ3n) is 1.90. The summed E-state index contributed by atoms with van der Waals surface area (Å²) in [5.41, 5.74) is 0.607. The fourth-order valence-corrected chi connectivity index (χ4v) is 1.70. The summed E-state index contributed by atoms with van der Waals surface area (Å²) in [5, 5.41) is 13.7. The lowest BCUT2D eigenvalue weighted by atomic mass is 10.3. The number of nitrogens with one attached hydrogen (secondary N) is 1. The van der Waals surface area contributed by atoms with Crippen molar-refractivity contribution in [2.24, 2.45) is 0 Å². The predicted octanol–water partition coefficient (Wildman–Crippen LogP) is 1.73. The zero-order valence-corrected chi connectivity index (χ0v) is 10.8. The number of nitrogens with zero attached hydrogens (tertiary/aromatic N) is 4. The number of anilines is 1. The Morgan fingerprint density at radius 3 is 3.06 bits per heavy atom. The van der Waals surface area contributed by atoms with E-state index in [9.17, 15) is 4.79 Å². The van der Waals surface area contributed by atoms with Crippen LogP contribution in [0.15, 0.2) is 29.0 Å². The number of tetrazole rings is 1. The van der Waals surface area contributed by atoms with E-state index in [1.54, 1.807) is 18.2 Å². The van der Waals surface area contributed by atoms with Crippen molar-refractivity contribution in [1.82, 2.24) is 20.2 Å². The van der Waals surface area contributed by atoms with Crippen LogP contribution in [0.4, 0.5) is 5.69 Å². The van der Waals surface area contributed by atoms with Crippen molar-refractivity contribution in [1.29, 1.82) is 0 Å². The van der Waals surface area contributed by atoms with Gasteiger partial charge in [0.25, 0.3) is 0 Å². The van der Waals surface area contributed by atoms with Crippen LogP contribution in [0.2, 0.25) is 5.02 Å². The van der Waals surface area contributed by atoms with Crippen LogP contribution in [0.5, 0.6) is 0 Å². The second-order valence-electron chi connectivity index (χ2n) is 3.18. The van der Waals surface area contributed by atoms with Crippen LogP contribution < -0.4 is 5.32 Å². The van der Waals surface area contributed by atoms with Crippen molar-refractivity contribution >= 4 is 39.1 Å². The number of carbonyl (C=O) groups is 1. The van der Waals surface area contributed by atoms with Crippen LogP contribution in [-0.4, -0.2) is 26.1 Å². The smallest absolute Gasteiger partial charge is 0.246 e. The summed E-state index contributed by atoms with van der Waals surface area (Å²) >= 11 is 9.15. The Kier molecular flexibility index (Phi) is 3.70. The summed E-state index contributed by atoms with van der Waals surface area (Å²) in [7, 11) is 0. The monoisotopic (exact) mass is 315 g/mol. The van der Waals surface area contributed by atoms with Gasteiger partial charge in [0.05, 0.1) is 5.69 Å². The summed E-state index contributed by atoms with van der Waals surface area (Å²) in [6.45, 7) is 0.0476. The van der Waals surface area contributed by atoms with E-state index < -0.39 is 0 Å². The molecule has 0 aliphatic rings. The van der Waals surface area contributed by atoms with E-state index in [1.807, 2.05) is 0 Å². The molecule has 0 fully saturated rings. The van der Waals surface area contributed by atoms with Gasteiger partial charge in [-0.2, -0.15) is 0 Å². The fourth-order valence-electron chi connectivity index (χ4n) is 1.18. The van der Waals surface area contributed by atoms with E-state index in [4.69, 9.17) is 11.6 Å². The van der Waals surface area contributed by atoms with E-state index >= 15 is 0 Å². The van der Waals surface area contributed by atoms with Gasteiger partial charge in [0.15, 0.2) is 0 Å². The second-order valence-corrected chi connectivity index (χ2v) is 4.47. The normalized spacial score (nSPS) is 10.2. The molecule has 0 atom stereocenters. The summed E-state index contributed by atoms with van der Waals surface area (Å²) in [4.78, 5) is 11.7. The Labute approximate surface area is 110 Å². The molecule has 0 saturated heterocycles. The summed E-state index contributed by atoms with van der Waals surface area (Å²) in [6, 6.07) is 5.14. The van der Waals surface area contributed by atoms with Crippen molar-refractivity contribution in [2.45, 2.75) is 6.54 Å². The number of amides is 1. The van der Waals surface area contributed by atoms with E-state index in [1.165, 1.54) is 11.0 Å². The predicted molar refractivity (Wildman–Crippen MR) is 65.6 cm³/mol. The number of benzene rings is 1. The molecule has 0 spiro atoms. The molecule has 1 aromatic heterocycles. The molecule has 0 radical (unpaired) electrons. The molecule has 1 heterocycles. The summed E-state index contributed by atoms with van der Waals surface area (Å²) in [6.07, 6.45) is 1.37. The molecule has 1 N–H and O–H groups in total. The molecular formula is C9H7BrClN5O. The van der Waals surface area contributed by atoms with Crippen molar-refractivity contribution in [3.63, 3.8) is 0 Å². The summed E-state index contributed by atoms with van der Waals surface area (Å²) in [5.74, 6) is -0.236. The maximum atomic E-state index is 11.7. The molecule has 0 saturated carbocycles. The molecule has 0 unspecified atom stereocenters. The lowest BCUT2D eigenvalue weighted by Crippen LogP contribution is -2.19. The van der Waals surface area contributed by atoms with Crippen LogP contribution >= 0.6 is 27.5 Å². The Morgan fingerprint density at radius 2 is 2.35 bits per heavy atom. The molecule has 2 aromatic rings. The molecule has 1 aromatic carbocycles. The molecule has 2 rings (SSSR count). The van der Waals surface area contributed by atoms with Gasteiger partial charge in [0, 0.05) is 9.50 Å². The Bertz CT molecular complexity index is 530. The molecule has 8 heteroatoms. The SMILES string of the molecule is O=C(Cn1cnnn1)Nc1cc(Cl)ccc1Br. The van der Waals surface area contributed by atoms with Crippen LogP contribution in [0, 0.1) is 0 Å². The zero-order chi connectivity index (χ0) is 12.3. The first-order valence-corrected chi connectivity index (χ1v) is 5.78. The molecule has 0 bridgehead atoms. The lowest BCUT2D eigenvalue weighted by molar-refractivity contribution is -0.116. The van der Waals surface area contributed by atoms with Crippen LogP contribution in [0.25, 0.3) is 0 Å². The topological polar surface area (TPSA) is 72.7 Å². The highest BCUT2D eigenvalue weighted by Crippen LogP contribution is 2.25. The minimum atomic E-state index is -0.236. The van der Waals surface area contributed by atoms with Gasteiger partial charge >= 0.3 is 0 Å². The maximum Gasteiger partial charge on any atom is 0.246 e. The van der Waals surface area contributed by atoms with Crippen molar-refractivity contribution in [3.05, 3.63) is 34.0 Å². The van der Waals surface area contributed by atoms with E-state index in [2.05, 4.69) is 36.8 Å². The van der Waals surface area contributed by atoms with Gasteiger partial charge in [-0.15, -0.1) is 5.10 Å². The van der Waals surface area contributed by atoms with Gasteiger partial charge in [-0.25, -0.2) is 4.68 Å². The molecule has 17 heavy (non-hydrogen) atoms. The first-order chi connectivity index (χ1) is 8.15. The highest BCUT2D eigenvalue weighted by atomic mass is 79.9. The largest absolute Gasteiger partial charge is 0.323 e. The number of halogens is 2. The first kappa shape index (κ1) is 12.0. The average Bonchev–Trinajstić information content (AvgIpc) is 2.76. The lowest BCUT2D eigenvalue weighted by Gasteiger charge is -2.07. The van der Waals surface area contributed by atoms with Crippen molar-refractivity contribution in [3.8, 4) is 0 Å². The Hall–Kier alpha value is -1.47. The highest BCUT2D eigenvalue weighted by molar-refractivity contribution is 9.10. The molecule has 0 aliphatic carbocycles. The summed E-state index contributed by atoms with van der Waals surface area (Å²) < 4.78 is 2.08. The minimum Gasteiger partial charge on any atom is -0.323 e. The third-order valence-corrected chi connectivity index (χ3v) is 2.83. The minimum absolute atomic E-state index is 0.0476. The van der Waals surface area contributed by atoms with Crippen molar-refractivity contribution in [2.75, 3.05) is 5.32 Å². The Morgan fingerprint density at radius 1 is 1.53 bits per heavy atom. The molecular weight excluding hydrogens is 309 g/mol. The van der Waals surface area contributed by atoms with Gasteiger partial charge in [-0.1, -0.05) is 11.6 Å². The maximum absolute atomic E-state index is 11.7. The van der Waals surface area contributed by atoms with Crippen molar-refractivity contribution < 1.29 is 4.79 Å². The quantitative estimate of drug-likeness (QED) is 0.936. The number of rotatable bonds is 3. The number of hydrogen-bond donors (Lipinski definition) is 1. The van der Waals surface area contributed by atoms with Gasteiger partial charge in [-0.3, -0.25) is 4.79 Å².